The largest absolute Gasteiger partial charge is 0.480 e. The average Bonchev–Trinajstić information content (AvgIpc) is 2.30. The summed E-state index contributed by atoms with van der Waals surface area (Å²) in [6.07, 6.45) is 0. The van der Waals surface area contributed by atoms with E-state index in [1.54, 1.807) is 0 Å². The van der Waals surface area contributed by atoms with Crippen LogP contribution in [0.4, 0.5) is 10.5 Å². The lowest BCUT2D eigenvalue weighted by molar-refractivity contribution is -0.140. The minimum atomic E-state index is -1.33. The molecule has 4 N–H and O–H groups in total. The molecule has 0 radical (unpaired) electrons. The van der Waals surface area contributed by atoms with E-state index in [2.05, 4.69) is 26.6 Å². The molecule has 6 nitrogen and oxygen atoms in total. The summed E-state index contributed by atoms with van der Waals surface area (Å²) in [5.41, 5.74) is 2.44. The number of aliphatic carboxylic acids is 1. The van der Waals surface area contributed by atoms with E-state index in [-0.39, 0.29) is 0 Å². The van der Waals surface area contributed by atoms with Crippen molar-refractivity contribution in [3.63, 3.8) is 0 Å². The summed E-state index contributed by atoms with van der Waals surface area (Å²) >= 11 is 3.33. The van der Waals surface area contributed by atoms with E-state index in [0.29, 0.717) is 10.2 Å². The Hall–Kier alpha value is -1.60. The highest BCUT2D eigenvalue weighted by atomic mass is 79.9. The number of aliphatic hydroxyl groups is 1. The molecule has 1 atom stereocenters. The molecule has 0 fully saturated rings. The maximum Gasteiger partial charge on any atom is 0.328 e. The number of aliphatic hydroxyl groups excluding tert-OH is 1. The van der Waals surface area contributed by atoms with Crippen molar-refractivity contribution in [3.8, 4) is 0 Å². The number of amides is 2. The number of carbonyl (C=O) groups excluding carboxylic acids is 1. The van der Waals surface area contributed by atoms with Crippen molar-refractivity contribution in [2.24, 2.45) is 0 Å². The maximum absolute atomic E-state index is 11.7. The van der Waals surface area contributed by atoms with Crippen LogP contribution in [0.5, 0.6) is 0 Å². The molecule has 2 amide bonds. The van der Waals surface area contributed by atoms with Crippen molar-refractivity contribution in [3.05, 3.63) is 27.7 Å². The molecule has 0 bridgehead atoms. The number of halogens is 1. The Balaban J connectivity index is 2.80. The highest BCUT2D eigenvalue weighted by Gasteiger charge is 2.19. The summed E-state index contributed by atoms with van der Waals surface area (Å²) in [5, 5.41) is 22.3. The van der Waals surface area contributed by atoms with Crippen molar-refractivity contribution in [2.45, 2.75) is 19.9 Å². The van der Waals surface area contributed by atoms with Gasteiger partial charge in [-0.1, -0.05) is 6.07 Å². The Morgan fingerprint density at radius 1 is 1.37 bits per heavy atom. The summed E-state index contributed by atoms with van der Waals surface area (Å²) in [4.78, 5) is 22.3. The number of hydrogen-bond acceptors (Lipinski definition) is 3. The van der Waals surface area contributed by atoms with Gasteiger partial charge in [0, 0.05) is 4.47 Å². The first-order valence-electron chi connectivity index (χ1n) is 5.53. The van der Waals surface area contributed by atoms with E-state index in [4.69, 9.17) is 10.2 Å². The summed E-state index contributed by atoms with van der Waals surface area (Å²) in [7, 11) is 0. The summed E-state index contributed by atoms with van der Waals surface area (Å²) in [6, 6.07) is 1.71. The van der Waals surface area contributed by atoms with Gasteiger partial charge in [-0.15, -0.1) is 0 Å². The van der Waals surface area contributed by atoms with E-state index in [1.165, 1.54) is 0 Å². The number of anilines is 1. The second-order valence-electron chi connectivity index (χ2n) is 4.11. The van der Waals surface area contributed by atoms with Gasteiger partial charge in [0.05, 0.1) is 12.3 Å². The third-order valence-electron chi connectivity index (χ3n) is 2.46. The predicted octanol–water partition coefficient (Wildman–Crippen LogP) is 1.63. The van der Waals surface area contributed by atoms with Crippen LogP contribution < -0.4 is 10.6 Å². The van der Waals surface area contributed by atoms with E-state index in [1.807, 2.05) is 26.0 Å². The predicted molar refractivity (Wildman–Crippen MR) is 74.3 cm³/mol. The number of nitrogens with one attached hydrogen (secondary N) is 2. The van der Waals surface area contributed by atoms with Gasteiger partial charge in [0.15, 0.2) is 6.04 Å². The molecular weight excluding hydrogens is 316 g/mol. The van der Waals surface area contributed by atoms with Crippen LogP contribution in [0.15, 0.2) is 16.6 Å². The molecular formula is C12H15BrN2O4. The first-order valence-corrected chi connectivity index (χ1v) is 6.32. The number of hydrogen-bond donors (Lipinski definition) is 4. The van der Waals surface area contributed by atoms with E-state index >= 15 is 0 Å². The van der Waals surface area contributed by atoms with Crippen molar-refractivity contribution in [2.75, 3.05) is 11.9 Å². The van der Waals surface area contributed by atoms with Crippen molar-refractivity contribution < 1.29 is 19.8 Å². The first-order chi connectivity index (χ1) is 8.85. The molecule has 19 heavy (non-hydrogen) atoms. The van der Waals surface area contributed by atoms with Crippen LogP contribution in [0.25, 0.3) is 0 Å². The van der Waals surface area contributed by atoms with Gasteiger partial charge >= 0.3 is 12.0 Å². The van der Waals surface area contributed by atoms with Crippen LogP contribution in [0, 0.1) is 13.8 Å². The third-order valence-corrected chi connectivity index (χ3v) is 3.08. The zero-order valence-electron chi connectivity index (χ0n) is 10.5. The van der Waals surface area contributed by atoms with Gasteiger partial charge in [0.25, 0.3) is 0 Å². The molecule has 0 saturated heterocycles. The number of urea groups is 1. The van der Waals surface area contributed by atoms with Crippen LogP contribution >= 0.6 is 15.9 Å². The van der Waals surface area contributed by atoms with Crippen molar-refractivity contribution in [1.29, 1.82) is 0 Å². The molecule has 1 aromatic rings. The van der Waals surface area contributed by atoms with E-state index in [0.717, 1.165) is 11.1 Å². The molecule has 0 heterocycles. The minimum Gasteiger partial charge on any atom is -0.480 e. The summed E-state index contributed by atoms with van der Waals surface area (Å²) in [5.74, 6) is -1.29. The molecule has 104 valence electrons. The lowest BCUT2D eigenvalue weighted by Crippen LogP contribution is -2.45. The molecule has 0 unspecified atom stereocenters. The molecule has 0 aliphatic rings. The van der Waals surface area contributed by atoms with Gasteiger partial charge in [0.2, 0.25) is 0 Å². The number of aryl methyl sites for hydroxylation is 2. The molecule has 0 aliphatic heterocycles. The first kappa shape index (κ1) is 15.5. The lowest BCUT2D eigenvalue weighted by Gasteiger charge is -2.15. The Morgan fingerprint density at radius 2 is 2.00 bits per heavy atom. The summed E-state index contributed by atoms with van der Waals surface area (Å²) < 4.78 is 0.705. The lowest BCUT2D eigenvalue weighted by atomic mass is 10.1. The van der Waals surface area contributed by atoms with Crippen molar-refractivity contribution in [1.82, 2.24) is 5.32 Å². The van der Waals surface area contributed by atoms with Gasteiger partial charge in [-0.3, -0.25) is 0 Å². The van der Waals surface area contributed by atoms with E-state index in [9.17, 15) is 9.59 Å². The number of benzene rings is 1. The third kappa shape index (κ3) is 4.22. The fraction of sp³-hybridized carbons (Fsp3) is 0.333. The average molecular weight is 331 g/mol. The van der Waals surface area contributed by atoms with Gasteiger partial charge in [-0.05, 0) is 47.0 Å². The molecule has 7 heteroatoms. The highest BCUT2D eigenvalue weighted by molar-refractivity contribution is 9.10. The Morgan fingerprint density at radius 3 is 2.47 bits per heavy atom. The molecule has 1 aromatic carbocycles. The fourth-order valence-corrected chi connectivity index (χ4v) is 2.34. The Labute approximate surface area is 118 Å². The Bertz CT molecular complexity index is 481. The van der Waals surface area contributed by atoms with Crippen LogP contribution in [0.2, 0.25) is 0 Å². The van der Waals surface area contributed by atoms with E-state index < -0.39 is 24.6 Å². The van der Waals surface area contributed by atoms with Crippen LogP contribution in [0.3, 0.4) is 0 Å². The molecule has 0 saturated carbocycles. The minimum absolute atomic E-state index is 0.560. The van der Waals surface area contributed by atoms with Gasteiger partial charge in [0.1, 0.15) is 0 Å². The molecule has 0 spiro atoms. The number of carboxylic acid groups (broad SMARTS) is 1. The normalized spacial score (nSPS) is 11.8. The van der Waals surface area contributed by atoms with Gasteiger partial charge in [-0.25, -0.2) is 9.59 Å². The fourth-order valence-electron chi connectivity index (χ4n) is 1.57. The standard InChI is InChI=1S/C12H15BrN2O4/c1-6-3-7(2)10(8(13)4-6)15-12(19)14-9(5-16)11(17)18/h3-4,9,16H,5H2,1-2H3,(H,17,18)(H2,14,15,19)/t9-/m1/s1. The van der Waals surface area contributed by atoms with Gasteiger partial charge in [-0.2, -0.15) is 0 Å². The SMILES string of the molecule is Cc1cc(C)c(NC(=O)N[C@H](CO)C(=O)O)c(Br)c1. The second-order valence-corrected chi connectivity index (χ2v) is 4.96. The number of carboxylic acids is 1. The van der Waals surface area contributed by atoms with Crippen LogP contribution in [-0.4, -0.2) is 34.9 Å². The van der Waals surface area contributed by atoms with Crippen LogP contribution in [-0.2, 0) is 4.79 Å². The molecule has 0 aliphatic carbocycles. The zero-order chi connectivity index (χ0) is 14.6. The zero-order valence-corrected chi connectivity index (χ0v) is 12.1. The second kappa shape index (κ2) is 6.53. The molecule has 1 rings (SSSR count). The smallest absolute Gasteiger partial charge is 0.328 e. The number of rotatable bonds is 4. The number of carbonyl (C=O) groups is 2. The topological polar surface area (TPSA) is 98.7 Å². The molecule has 0 aromatic heterocycles. The monoisotopic (exact) mass is 330 g/mol. The van der Waals surface area contributed by atoms with Gasteiger partial charge < -0.3 is 20.8 Å². The van der Waals surface area contributed by atoms with Crippen molar-refractivity contribution >= 4 is 33.6 Å². The Kier molecular flexibility index (Phi) is 5.31. The van der Waals surface area contributed by atoms with Crippen LogP contribution in [0.1, 0.15) is 11.1 Å². The maximum atomic E-state index is 11.7. The quantitative estimate of drug-likeness (QED) is 0.674. The highest BCUT2D eigenvalue weighted by Crippen LogP contribution is 2.27. The summed E-state index contributed by atoms with van der Waals surface area (Å²) in [6.45, 7) is 3.08.